The van der Waals surface area contributed by atoms with Crippen molar-refractivity contribution in [1.82, 2.24) is 15.1 Å². The lowest BCUT2D eigenvalue weighted by Crippen LogP contribution is -2.52. The lowest BCUT2D eigenvalue weighted by atomic mass is 9.85. The second-order valence-corrected chi connectivity index (χ2v) is 10.8. The van der Waals surface area contributed by atoms with Crippen LogP contribution in [0.2, 0.25) is 5.02 Å². The van der Waals surface area contributed by atoms with Gasteiger partial charge in [0.15, 0.2) is 0 Å². The van der Waals surface area contributed by atoms with E-state index in [1.54, 1.807) is 17.0 Å². The van der Waals surface area contributed by atoms with E-state index in [9.17, 15) is 19.2 Å². The number of imide groups is 1. The Hall–Kier alpha value is -3.45. The molecule has 0 spiro atoms. The van der Waals surface area contributed by atoms with Gasteiger partial charge in [0.05, 0.1) is 11.8 Å². The number of nitrogens with zero attached hydrogens (tertiary/aromatic N) is 2. The molecule has 0 unspecified atom stereocenters. The molecule has 1 aliphatic carbocycles. The molecule has 0 saturated carbocycles. The van der Waals surface area contributed by atoms with Crippen LogP contribution in [0.25, 0.3) is 0 Å². The Kier molecular flexibility index (Phi) is 9.57. The van der Waals surface area contributed by atoms with Gasteiger partial charge in [-0.2, -0.15) is 0 Å². The fourth-order valence-electron chi connectivity index (χ4n) is 5.22. The lowest BCUT2D eigenvalue weighted by molar-refractivity contribution is -0.144. The molecule has 1 heterocycles. The molecule has 1 fully saturated rings. The van der Waals surface area contributed by atoms with Crippen LogP contribution in [0.3, 0.4) is 0 Å². The summed E-state index contributed by atoms with van der Waals surface area (Å²) in [5.74, 6) is -1.62. The van der Waals surface area contributed by atoms with Gasteiger partial charge in [-0.05, 0) is 49.4 Å². The van der Waals surface area contributed by atoms with Crippen LogP contribution >= 0.6 is 11.6 Å². The van der Waals surface area contributed by atoms with Crippen LogP contribution in [0.15, 0.2) is 66.7 Å². The number of nitrogens with one attached hydrogen (secondary N) is 1. The molecule has 1 saturated heterocycles. The van der Waals surface area contributed by atoms with Gasteiger partial charge in [0, 0.05) is 37.0 Å². The van der Waals surface area contributed by atoms with Crippen LogP contribution in [0.4, 0.5) is 0 Å². The van der Waals surface area contributed by atoms with Gasteiger partial charge >= 0.3 is 0 Å². The first-order valence-electron chi connectivity index (χ1n) is 13.7. The van der Waals surface area contributed by atoms with Crippen LogP contribution in [-0.4, -0.2) is 52.1 Å². The lowest BCUT2D eigenvalue weighted by Gasteiger charge is -2.33. The number of rotatable bonds is 11. The summed E-state index contributed by atoms with van der Waals surface area (Å²) in [5, 5.41) is 3.62. The molecular weight excluding hydrogens is 514 g/mol. The maximum absolute atomic E-state index is 13.8. The Morgan fingerprint density at radius 2 is 1.59 bits per heavy atom. The van der Waals surface area contributed by atoms with Crippen molar-refractivity contribution >= 4 is 35.2 Å². The van der Waals surface area contributed by atoms with Gasteiger partial charge in [-0.15, -0.1) is 0 Å². The molecule has 39 heavy (non-hydrogen) atoms. The minimum atomic E-state index is -0.777. The van der Waals surface area contributed by atoms with Gasteiger partial charge in [0.2, 0.25) is 23.6 Å². The zero-order valence-corrected chi connectivity index (χ0v) is 23.3. The smallest absolute Gasteiger partial charge is 0.243 e. The number of hydrogen-bond donors (Lipinski definition) is 1. The number of carbonyl (C=O) groups excluding carboxylic acids is 4. The highest BCUT2D eigenvalue weighted by molar-refractivity contribution is 6.30. The molecule has 1 aliphatic heterocycles. The van der Waals surface area contributed by atoms with Crippen molar-refractivity contribution in [3.05, 3.63) is 82.9 Å². The number of carbonyl (C=O) groups is 4. The monoisotopic (exact) mass is 549 g/mol. The van der Waals surface area contributed by atoms with E-state index >= 15 is 0 Å². The van der Waals surface area contributed by atoms with Crippen LogP contribution in [-0.2, 0) is 32.1 Å². The van der Waals surface area contributed by atoms with Crippen LogP contribution in [0.1, 0.15) is 50.7 Å². The molecule has 2 aromatic carbocycles. The van der Waals surface area contributed by atoms with Crippen LogP contribution in [0.5, 0.6) is 0 Å². The van der Waals surface area contributed by atoms with E-state index in [4.69, 9.17) is 11.6 Å². The molecule has 2 aromatic rings. The quantitative estimate of drug-likeness (QED) is 0.329. The van der Waals surface area contributed by atoms with Gasteiger partial charge in [-0.3, -0.25) is 24.1 Å². The molecule has 2 aliphatic rings. The average Bonchev–Trinajstić information content (AvgIpc) is 3.19. The number of amides is 4. The van der Waals surface area contributed by atoms with Crippen molar-refractivity contribution in [1.29, 1.82) is 0 Å². The maximum atomic E-state index is 13.8. The molecule has 206 valence electrons. The summed E-state index contributed by atoms with van der Waals surface area (Å²) < 4.78 is 0. The standard InChI is InChI=1S/C31H36ClN3O4/c1-3-21(2)33-29(37)27(19-22-9-5-4-6-10-22)35(20-23-13-15-24(32)16-14-23)28(36)17-18-34-30(38)25-11-7-8-12-26(25)31(34)39/h4-10,13-16,21,25-27H,3,11-12,17-20H2,1-2H3,(H,33,37)/t21-,25-,26+,27-/m0/s1. The Labute approximate surface area is 235 Å². The van der Waals surface area contributed by atoms with Crippen LogP contribution < -0.4 is 5.32 Å². The summed E-state index contributed by atoms with van der Waals surface area (Å²) in [7, 11) is 0. The first-order chi connectivity index (χ1) is 18.8. The summed E-state index contributed by atoms with van der Waals surface area (Å²) >= 11 is 6.09. The highest BCUT2D eigenvalue weighted by atomic mass is 35.5. The van der Waals surface area contributed by atoms with E-state index in [0.717, 1.165) is 17.5 Å². The zero-order valence-electron chi connectivity index (χ0n) is 22.5. The number of allylic oxidation sites excluding steroid dienone is 2. The highest BCUT2D eigenvalue weighted by Gasteiger charge is 2.47. The number of hydrogen-bond acceptors (Lipinski definition) is 4. The first-order valence-corrected chi connectivity index (χ1v) is 14.0. The van der Waals surface area contributed by atoms with Gasteiger partial charge in [-0.25, -0.2) is 0 Å². The maximum Gasteiger partial charge on any atom is 0.243 e. The molecule has 4 amide bonds. The van der Waals surface area contributed by atoms with E-state index in [-0.39, 0.29) is 61.0 Å². The number of benzene rings is 2. The van der Waals surface area contributed by atoms with E-state index in [0.29, 0.717) is 24.3 Å². The Bertz CT molecular complexity index is 1190. The second-order valence-electron chi connectivity index (χ2n) is 10.4. The third kappa shape index (κ3) is 6.95. The van der Waals surface area contributed by atoms with E-state index in [1.807, 2.05) is 68.5 Å². The Balaban J connectivity index is 1.58. The van der Waals surface area contributed by atoms with Crippen LogP contribution in [0, 0.1) is 11.8 Å². The molecule has 0 radical (unpaired) electrons. The predicted octanol–water partition coefficient (Wildman–Crippen LogP) is 4.54. The van der Waals surface area contributed by atoms with Crippen molar-refractivity contribution in [2.45, 2.75) is 64.6 Å². The Morgan fingerprint density at radius 3 is 2.18 bits per heavy atom. The first kappa shape index (κ1) is 28.6. The van der Waals surface area contributed by atoms with E-state index in [2.05, 4.69) is 5.32 Å². The fourth-order valence-corrected chi connectivity index (χ4v) is 5.35. The largest absolute Gasteiger partial charge is 0.352 e. The molecule has 8 heteroatoms. The SMILES string of the molecule is CC[C@H](C)NC(=O)[C@H](Cc1ccccc1)N(Cc1ccc(Cl)cc1)C(=O)CCN1C(=O)[C@H]2CC=CC[C@H]2C1=O. The van der Waals surface area contributed by atoms with Crippen molar-refractivity contribution in [3.8, 4) is 0 Å². The Morgan fingerprint density at radius 1 is 0.974 bits per heavy atom. The third-order valence-corrected chi connectivity index (χ3v) is 7.94. The average molecular weight is 550 g/mol. The van der Waals surface area contributed by atoms with Gasteiger partial charge < -0.3 is 10.2 Å². The minimum absolute atomic E-state index is 0.00561. The van der Waals surface area contributed by atoms with E-state index < -0.39 is 6.04 Å². The molecule has 0 aromatic heterocycles. The van der Waals surface area contributed by atoms with Gasteiger partial charge in [0.25, 0.3) is 0 Å². The summed E-state index contributed by atoms with van der Waals surface area (Å²) in [5.41, 5.74) is 1.75. The summed E-state index contributed by atoms with van der Waals surface area (Å²) in [4.78, 5) is 56.2. The fraction of sp³-hybridized carbons (Fsp3) is 0.419. The molecular formula is C31H36ClN3O4. The molecule has 4 rings (SSSR count). The van der Waals surface area contributed by atoms with Crippen molar-refractivity contribution in [3.63, 3.8) is 0 Å². The van der Waals surface area contributed by atoms with Gasteiger partial charge in [-0.1, -0.05) is 73.1 Å². The number of likely N-dealkylation sites (tertiary alicyclic amines) is 1. The number of fused-ring (bicyclic) bond motifs is 1. The predicted molar refractivity (Wildman–Crippen MR) is 151 cm³/mol. The molecule has 4 atom stereocenters. The second kappa shape index (κ2) is 13.1. The normalized spacial score (nSPS) is 19.9. The van der Waals surface area contributed by atoms with Crippen molar-refractivity contribution in [2.75, 3.05) is 6.54 Å². The minimum Gasteiger partial charge on any atom is -0.352 e. The zero-order chi connectivity index (χ0) is 27.9. The summed E-state index contributed by atoms with van der Waals surface area (Å²) in [6, 6.07) is 15.9. The van der Waals surface area contributed by atoms with E-state index in [1.165, 1.54) is 4.90 Å². The summed E-state index contributed by atoms with van der Waals surface area (Å²) in [6.07, 6.45) is 6.03. The number of halogens is 1. The molecule has 1 N–H and O–H groups in total. The summed E-state index contributed by atoms with van der Waals surface area (Å²) in [6.45, 7) is 4.12. The van der Waals surface area contributed by atoms with Crippen molar-refractivity contribution < 1.29 is 19.2 Å². The van der Waals surface area contributed by atoms with Crippen molar-refractivity contribution in [2.24, 2.45) is 11.8 Å². The third-order valence-electron chi connectivity index (χ3n) is 7.69. The molecule has 7 nitrogen and oxygen atoms in total. The topological polar surface area (TPSA) is 86.8 Å². The molecule has 0 bridgehead atoms. The highest BCUT2D eigenvalue weighted by Crippen LogP contribution is 2.35. The van der Waals surface area contributed by atoms with Gasteiger partial charge in [0.1, 0.15) is 6.04 Å².